The van der Waals surface area contributed by atoms with E-state index in [0.29, 0.717) is 24.5 Å². The summed E-state index contributed by atoms with van der Waals surface area (Å²) in [5.41, 5.74) is 5.83. The van der Waals surface area contributed by atoms with E-state index in [9.17, 15) is 14.7 Å². The quantitative estimate of drug-likeness (QED) is 0.819. The van der Waals surface area contributed by atoms with Gasteiger partial charge in [0.1, 0.15) is 11.4 Å². The molecular weight excluding hydrogens is 385 g/mol. The van der Waals surface area contributed by atoms with E-state index >= 15 is 4.39 Å². The number of carboxylic acids is 1. The largest absolute Gasteiger partial charge is 0.477 e. The summed E-state index contributed by atoms with van der Waals surface area (Å²) in [4.78, 5) is 26.1. The zero-order chi connectivity index (χ0) is 20.0. The lowest BCUT2D eigenvalue weighted by Crippen LogP contribution is -2.53. The number of aromatic carboxylic acids is 1. The minimum Gasteiger partial charge on any atom is -0.477 e. The normalized spacial score (nSPS) is 29.1. The van der Waals surface area contributed by atoms with Crippen LogP contribution in [0.5, 0.6) is 0 Å². The van der Waals surface area contributed by atoms with Crippen molar-refractivity contribution in [3.8, 4) is 0 Å². The van der Waals surface area contributed by atoms with Crippen molar-refractivity contribution in [1.82, 2.24) is 4.57 Å². The first-order valence-electron chi connectivity index (χ1n) is 9.52. The van der Waals surface area contributed by atoms with Gasteiger partial charge in [-0.3, -0.25) is 4.79 Å². The predicted octanol–water partition coefficient (Wildman–Crippen LogP) is 3.00. The number of nitrogens with two attached hydrogens (primary N) is 1. The third-order valence-corrected chi connectivity index (χ3v) is 7.11. The summed E-state index contributed by atoms with van der Waals surface area (Å²) in [5.74, 6) is -1.63. The Balaban J connectivity index is 1.73. The number of hydrogen-bond acceptors (Lipinski definition) is 4. The van der Waals surface area contributed by atoms with Crippen molar-refractivity contribution in [3.63, 3.8) is 0 Å². The number of carboxylic acid groups (broad SMARTS) is 1. The topological polar surface area (TPSA) is 88.6 Å². The first kappa shape index (κ1) is 17.9. The second kappa shape index (κ2) is 5.70. The van der Waals surface area contributed by atoms with Crippen molar-refractivity contribution >= 4 is 34.2 Å². The summed E-state index contributed by atoms with van der Waals surface area (Å²) in [7, 11) is 0. The number of hydrogen-bond donors (Lipinski definition) is 2. The summed E-state index contributed by atoms with van der Waals surface area (Å²) in [5, 5.41) is 9.57. The lowest BCUT2D eigenvalue weighted by molar-refractivity contribution is 0.0694. The van der Waals surface area contributed by atoms with E-state index < -0.39 is 17.2 Å². The number of halogens is 2. The second-order valence-electron chi connectivity index (χ2n) is 8.74. The SMILES string of the molecule is C[C@@]12C[C@H](N)[C@@H]1CN(c1c(F)cc3c(=O)c(C(=O)O)cn(C4CC4)c3c1Cl)C2. The molecule has 1 aliphatic heterocycles. The Kier molecular flexibility index (Phi) is 3.65. The van der Waals surface area contributed by atoms with Gasteiger partial charge in [0.25, 0.3) is 0 Å². The molecule has 2 heterocycles. The maximum Gasteiger partial charge on any atom is 0.341 e. The average molecular weight is 406 g/mol. The van der Waals surface area contributed by atoms with Gasteiger partial charge in [0.15, 0.2) is 0 Å². The summed E-state index contributed by atoms with van der Waals surface area (Å²) in [6.07, 6.45) is 4.00. The van der Waals surface area contributed by atoms with Crippen LogP contribution in [0.3, 0.4) is 0 Å². The first-order chi connectivity index (χ1) is 13.2. The Labute approximate surface area is 165 Å². The second-order valence-corrected chi connectivity index (χ2v) is 9.12. The molecule has 0 unspecified atom stereocenters. The molecule has 8 heteroatoms. The minimum atomic E-state index is -1.32. The third-order valence-electron chi connectivity index (χ3n) is 6.75. The number of benzene rings is 1. The van der Waals surface area contributed by atoms with Gasteiger partial charge in [-0.05, 0) is 36.7 Å². The van der Waals surface area contributed by atoms with Crippen LogP contribution < -0.4 is 16.1 Å². The number of nitrogens with zero attached hydrogens (tertiary/aromatic N) is 2. The van der Waals surface area contributed by atoms with Gasteiger partial charge < -0.3 is 20.3 Å². The molecule has 1 aromatic carbocycles. The van der Waals surface area contributed by atoms with Gasteiger partial charge in [0.05, 0.1) is 21.6 Å². The van der Waals surface area contributed by atoms with Gasteiger partial charge in [0, 0.05) is 31.4 Å². The maximum atomic E-state index is 15.1. The van der Waals surface area contributed by atoms with Crippen LogP contribution in [0.2, 0.25) is 5.02 Å². The molecule has 0 radical (unpaired) electrons. The monoisotopic (exact) mass is 405 g/mol. The molecule has 0 bridgehead atoms. The summed E-state index contributed by atoms with van der Waals surface area (Å²) >= 11 is 6.69. The standard InChI is InChI=1S/C20H21ClFN3O3/c1-20-5-14(23)12(20)7-24(8-20)17-13(22)4-10-16(15(17)21)25(9-2-3-9)6-11(18(10)26)19(27)28/h4,6,9,12,14H,2-3,5,7-8,23H2,1H3,(H,27,28)/t12-,14-,20-/m0/s1. The predicted molar refractivity (Wildman–Crippen MR) is 105 cm³/mol. The fourth-order valence-corrected chi connectivity index (χ4v) is 5.56. The van der Waals surface area contributed by atoms with Crippen LogP contribution in [0.15, 0.2) is 17.1 Å². The van der Waals surface area contributed by atoms with Crippen LogP contribution in [-0.2, 0) is 0 Å². The van der Waals surface area contributed by atoms with E-state index in [-0.39, 0.29) is 39.2 Å². The lowest BCUT2D eigenvalue weighted by atomic mass is 9.60. The number of aromatic nitrogens is 1. The van der Waals surface area contributed by atoms with Gasteiger partial charge in [-0.25, -0.2) is 9.18 Å². The molecule has 0 spiro atoms. The molecule has 148 valence electrons. The van der Waals surface area contributed by atoms with E-state index in [0.717, 1.165) is 25.3 Å². The van der Waals surface area contributed by atoms with E-state index in [1.165, 1.54) is 6.20 Å². The van der Waals surface area contributed by atoms with Gasteiger partial charge in [-0.1, -0.05) is 18.5 Å². The molecular formula is C20H21ClFN3O3. The first-order valence-corrected chi connectivity index (χ1v) is 9.90. The van der Waals surface area contributed by atoms with E-state index in [1.807, 2.05) is 4.90 Å². The summed E-state index contributed by atoms with van der Waals surface area (Å²) in [6.45, 7) is 3.45. The van der Waals surface area contributed by atoms with Crippen molar-refractivity contribution in [3.05, 3.63) is 38.9 Å². The van der Waals surface area contributed by atoms with E-state index in [1.54, 1.807) is 4.57 Å². The molecule has 1 aromatic heterocycles. The van der Waals surface area contributed by atoms with Crippen molar-refractivity contribution in [2.75, 3.05) is 18.0 Å². The molecule has 2 saturated carbocycles. The molecule has 5 rings (SSSR count). The number of fused-ring (bicyclic) bond motifs is 2. The lowest BCUT2D eigenvalue weighted by Gasteiger charge is -2.46. The molecule has 3 fully saturated rings. The number of anilines is 1. The Morgan fingerprint density at radius 3 is 2.71 bits per heavy atom. The Morgan fingerprint density at radius 2 is 2.14 bits per heavy atom. The molecule has 28 heavy (non-hydrogen) atoms. The van der Waals surface area contributed by atoms with Crippen molar-refractivity contribution < 1.29 is 14.3 Å². The molecule has 3 N–H and O–H groups in total. The fourth-order valence-electron chi connectivity index (χ4n) is 5.15. The van der Waals surface area contributed by atoms with Crippen LogP contribution in [0.1, 0.15) is 42.6 Å². The van der Waals surface area contributed by atoms with E-state index in [4.69, 9.17) is 17.3 Å². The molecule has 3 aliphatic rings. The molecule has 1 saturated heterocycles. The van der Waals surface area contributed by atoms with Crippen LogP contribution >= 0.6 is 11.6 Å². The van der Waals surface area contributed by atoms with Crippen LogP contribution in [-0.4, -0.2) is 34.8 Å². The Bertz CT molecular complexity index is 1100. The van der Waals surface area contributed by atoms with Gasteiger partial charge in [-0.2, -0.15) is 0 Å². The van der Waals surface area contributed by atoms with Crippen molar-refractivity contribution in [2.45, 2.75) is 38.3 Å². The molecule has 3 atom stereocenters. The van der Waals surface area contributed by atoms with Crippen molar-refractivity contribution in [1.29, 1.82) is 0 Å². The fraction of sp³-hybridized carbons (Fsp3) is 0.500. The average Bonchev–Trinajstić information content (AvgIpc) is 3.41. The van der Waals surface area contributed by atoms with Gasteiger partial charge >= 0.3 is 5.97 Å². The summed E-state index contributed by atoms with van der Waals surface area (Å²) < 4.78 is 16.9. The third kappa shape index (κ3) is 2.35. The van der Waals surface area contributed by atoms with Crippen molar-refractivity contribution in [2.24, 2.45) is 17.1 Å². The van der Waals surface area contributed by atoms with Gasteiger partial charge in [0.2, 0.25) is 5.43 Å². The zero-order valence-corrected chi connectivity index (χ0v) is 16.2. The number of rotatable bonds is 3. The highest BCUT2D eigenvalue weighted by Gasteiger charge is 2.55. The molecule has 2 aromatic rings. The highest BCUT2D eigenvalue weighted by Crippen LogP contribution is 2.53. The van der Waals surface area contributed by atoms with Gasteiger partial charge in [-0.15, -0.1) is 0 Å². The minimum absolute atomic E-state index is 0.0168. The number of carbonyl (C=O) groups is 1. The number of pyridine rings is 1. The van der Waals surface area contributed by atoms with Crippen LogP contribution in [0, 0.1) is 17.2 Å². The highest BCUT2D eigenvalue weighted by molar-refractivity contribution is 6.38. The zero-order valence-electron chi connectivity index (χ0n) is 15.4. The summed E-state index contributed by atoms with van der Waals surface area (Å²) in [6, 6.07) is 1.34. The smallest absolute Gasteiger partial charge is 0.341 e. The Morgan fingerprint density at radius 1 is 1.43 bits per heavy atom. The molecule has 0 amide bonds. The maximum absolute atomic E-state index is 15.1. The molecule has 6 nitrogen and oxygen atoms in total. The Hall–Kier alpha value is -2.12. The van der Waals surface area contributed by atoms with E-state index in [2.05, 4.69) is 6.92 Å². The van der Waals surface area contributed by atoms with Crippen LogP contribution in [0.4, 0.5) is 10.1 Å². The van der Waals surface area contributed by atoms with Crippen LogP contribution in [0.25, 0.3) is 10.9 Å². The molecule has 2 aliphatic carbocycles. The highest BCUT2D eigenvalue weighted by atomic mass is 35.5.